The Labute approximate surface area is 107 Å². The molecule has 0 atom stereocenters. The molecule has 0 aromatic heterocycles. The van der Waals surface area contributed by atoms with E-state index in [0.29, 0.717) is 0 Å². The van der Waals surface area contributed by atoms with Crippen LogP contribution in [-0.2, 0) is 25.8 Å². The molecule has 0 saturated heterocycles. The maximum Gasteiger partial charge on any atom is 0 e. The third kappa shape index (κ3) is 14.4. The summed E-state index contributed by atoms with van der Waals surface area (Å²) in [6.45, 7) is 5.50. The third-order valence-electron chi connectivity index (χ3n) is 1.17. The van der Waals surface area contributed by atoms with Crippen molar-refractivity contribution in [2.75, 3.05) is 0 Å². The van der Waals surface area contributed by atoms with Gasteiger partial charge in [0.2, 0.25) is 0 Å². The predicted molar refractivity (Wildman–Crippen MR) is 58.8 cm³/mol. The van der Waals surface area contributed by atoms with Gasteiger partial charge in [0.1, 0.15) is 0 Å². The molecule has 0 aromatic rings. The fourth-order valence-electron chi connectivity index (χ4n) is 0.680. The molecule has 0 nitrogen and oxygen atoms in total. The van der Waals surface area contributed by atoms with E-state index >= 15 is 0 Å². The molecule has 0 unspecified atom stereocenters. The first kappa shape index (κ1) is 16.3. The van der Waals surface area contributed by atoms with Gasteiger partial charge in [-0.2, -0.15) is 18.6 Å². The van der Waals surface area contributed by atoms with Crippen molar-refractivity contribution in [1.82, 2.24) is 0 Å². The Balaban J connectivity index is 0. The fourth-order valence-corrected chi connectivity index (χ4v) is 0.680. The Morgan fingerprint density at radius 3 is 1.50 bits per heavy atom. The average Bonchev–Trinajstić information content (AvgIpc) is 2.85. The maximum absolute atomic E-state index is 3.49. The molecule has 0 radical (unpaired) electrons. The van der Waals surface area contributed by atoms with E-state index in [1.54, 1.807) is 0 Å². The summed E-state index contributed by atoms with van der Waals surface area (Å²) in [5.74, 6) is 0. The predicted octanol–water partition coefficient (Wildman–Crippen LogP) is 3.84. The Hall–Kier alpha value is -0.170. The van der Waals surface area contributed by atoms with Crippen LogP contribution in [0.2, 0.25) is 0 Å². The normalized spacial score (nSPS) is 13.9. The number of hydrogen-bond donors (Lipinski definition) is 0. The van der Waals surface area contributed by atoms with Gasteiger partial charge in [-0.25, -0.2) is 24.3 Å². The minimum absolute atomic E-state index is 0. The summed E-state index contributed by atoms with van der Waals surface area (Å²) in [6, 6.07) is 0. The van der Waals surface area contributed by atoms with Crippen LogP contribution in [0.25, 0.3) is 0 Å². The average molecular weight is 352 g/mol. The Morgan fingerprint density at radius 2 is 1.43 bits per heavy atom. The van der Waals surface area contributed by atoms with Gasteiger partial charge in [-0.1, -0.05) is 6.92 Å². The maximum atomic E-state index is 3.49. The largest absolute Gasteiger partial charge is 0.344 e. The second kappa shape index (κ2) is 15.3. The Kier molecular flexibility index (Phi) is 17.8. The first-order valence-corrected chi connectivity index (χ1v) is 4.64. The quantitative estimate of drug-likeness (QED) is 0.459. The molecule has 2 rings (SSSR count). The van der Waals surface area contributed by atoms with Crippen LogP contribution in [0.3, 0.4) is 0 Å². The van der Waals surface area contributed by atoms with Gasteiger partial charge in [-0.15, -0.1) is 12.8 Å². The van der Waals surface area contributed by atoms with E-state index in [0.717, 1.165) is 19.3 Å². The zero-order valence-electron chi connectivity index (χ0n) is 8.79. The van der Waals surface area contributed by atoms with E-state index in [1.807, 2.05) is 31.2 Å². The monoisotopic (exact) mass is 353 g/mol. The molecular formula is C13H17Hf-3. The van der Waals surface area contributed by atoms with Gasteiger partial charge in [0.05, 0.1) is 0 Å². The number of hydrogen-bond acceptors (Lipinski definition) is 0. The summed E-state index contributed by atoms with van der Waals surface area (Å²) < 4.78 is 0. The van der Waals surface area contributed by atoms with Crippen molar-refractivity contribution in [3.8, 4) is 0 Å². The molecule has 0 amide bonds. The summed E-state index contributed by atoms with van der Waals surface area (Å²) in [5.41, 5.74) is 0. The van der Waals surface area contributed by atoms with Crippen molar-refractivity contribution in [3.63, 3.8) is 0 Å². The summed E-state index contributed by atoms with van der Waals surface area (Å²) in [7, 11) is 0. The van der Waals surface area contributed by atoms with Crippen molar-refractivity contribution >= 4 is 0 Å². The first-order valence-electron chi connectivity index (χ1n) is 4.64. The van der Waals surface area contributed by atoms with E-state index < -0.39 is 0 Å². The molecule has 0 aromatic carbocycles. The fraction of sp³-hybridized carbons (Fsp3) is 0.308. The molecule has 0 saturated carbocycles. The second-order valence-corrected chi connectivity index (χ2v) is 2.51. The van der Waals surface area contributed by atoms with Crippen LogP contribution in [0.5, 0.6) is 0 Å². The van der Waals surface area contributed by atoms with E-state index in [1.165, 1.54) is 0 Å². The Bertz CT molecular complexity index is 155. The minimum Gasteiger partial charge on any atom is -0.344 e. The van der Waals surface area contributed by atoms with Gasteiger partial charge in [0.15, 0.2) is 0 Å². The van der Waals surface area contributed by atoms with Crippen LogP contribution >= 0.6 is 0 Å². The first-order chi connectivity index (χ1) is 6.41. The molecular weight excluding hydrogens is 335 g/mol. The van der Waals surface area contributed by atoms with E-state index in [-0.39, 0.29) is 25.8 Å². The smallest absolute Gasteiger partial charge is 0 e. The van der Waals surface area contributed by atoms with Crippen LogP contribution < -0.4 is 0 Å². The summed E-state index contributed by atoms with van der Waals surface area (Å²) in [4.78, 5) is 0. The SMILES string of the molecule is [C-]1=CC=CC1.[C-]1=CC=CC1.[CH2-]CC.[Hf]. The summed E-state index contributed by atoms with van der Waals surface area (Å²) in [5, 5.41) is 0. The van der Waals surface area contributed by atoms with E-state index in [2.05, 4.69) is 31.2 Å². The third-order valence-corrected chi connectivity index (χ3v) is 1.17. The van der Waals surface area contributed by atoms with Gasteiger partial charge < -0.3 is 6.92 Å². The van der Waals surface area contributed by atoms with Crippen LogP contribution in [-0.4, -0.2) is 0 Å². The van der Waals surface area contributed by atoms with Gasteiger partial charge in [-0.05, 0) is 0 Å². The van der Waals surface area contributed by atoms with Gasteiger partial charge in [-0.3, -0.25) is 12.2 Å². The van der Waals surface area contributed by atoms with Crippen molar-refractivity contribution in [2.45, 2.75) is 26.2 Å². The molecule has 2 aliphatic rings. The molecule has 76 valence electrons. The van der Waals surface area contributed by atoms with Crippen molar-refractivity contribution in [3.05, 3.63) is 55.5 Å². The molecule has 0 spiro atoms. The topological polar surface area (TPSA) is 0 Å². The standard InChI is InChI=1S/2C5H5.C3H7.Hf/c2*1-2-4-5-3-1;1-3-2;/h2*1-3H,4H2;1,3H2,2H3;/q3*-1;. The van der Waals surface area contributed by atoms with Crippen LogP contribution in [0, 0.1) is 19.1 Å². The van der Waals surface area contributed by atoms with Crippen LogP contribution in [0.1, 0.15) is 26.2 Å². The van der Waals surface area contributed by atoms with Crippen LogP contribution in [0.4, 0.5) is 0 Å². The van der Waals surface area contributed by atoms with Crippen molar-refractivity contribution < 1.29 is 25.8 Å². The molecule has 1 heteroatoms. The molecule has 14 heavy (non-hydrogen) atoms. The molecule has 0 bridgehead atoms. The molecule has 0 N–H and O–H groups in total. The van der Waals surface area contributed by atoms with E-state index in [9.17, 15) is 0 Å². The summed E-state index contributed by atoms with van der Waals surface area (Å²) in [6.07, 6.45) is 21.0. The minimum atomic E-state index is 0. The van der Waals surface area contributed by atoms with Crippen molar-refractivity contribution in [1.29, 1.82) is 0 Å². The second-order valence-electron chi connectivity index (χ2n) is 2.51. The van der Waals surface area contributed by atoms with Crippen LogP contribution in [0.15, 0.2) is 36.5 Å². The van der Waals surface area contributed by atoms with Gasteiger partial charge in [0.25, 0.3) is 0 Å². The molecule has 2 aliphatic carbocycles. The molecule has 0 fully saturated rings. The number of rotatable bonds is 0. The van der Waals surface area contributed by atoms with E-state index in [4.69, 9.17) is 0 Å². The van der Waals surface area contributed by atoms with Crippen molar-refractivity contribution in [2.24, 2.45) is 0 Å². The van der Waals surface area contributed by atoms with Gasteiger partial charge in [0, 0.05) is 25.8 Å². The number of allylic oxidation sites excluding steroid dienone is 8. The zero-order chi connectivity index (χ0) is 9.78. The summed E-state index contributed by atoms with van der Waals surface area (Å²) >= 11 is 0. The van der Waals surface area contributed by atoms with Gasteiger partial charge >= 0.3 is 0 Å². The Morgan fingerprint density at radius 1 is 1.07 bits per heavy atom. The molecule has 0 aliphatic heterocycles. The molecule has 0 heterocycles. The zero-order valence-corrected chi connectivity index (χ0v) is 12.4.